The highest BCUT2D eigenvalue weighted by molar-refractivity contribution is 7.96. The number of hydrogen-bond donors (Lipinski definition) is 2. The third kappa shape index (κ3) is 3.32. The molecule has 15 heavy (non-hydrogen) atoms. The van der Waals surface area contributed by atoms with Crippen LogP contribution >= 0.6 is 24.2 Å². The fourth-order valence-corrected chi connectivity index (χ4v) is 1.27. The average molecular weight is 256 g/mol. The lowest BCUT2D eigenvalue weighted by Gasteiger charge is -2.12. The number of carbonyl (C=O) groups excluding carboxylic acids is 1. The Bertz CT molecular complexity index is 394. The number of amides is 1. The van der Waals surface area contributed by atoms with Crippen LogP contribution in [0.15, 0.2) is 18.2 Å². The average Bonchev–Trinajstić information content (AvgIpc) is 2.05. The third-order valence-corrected chi connectivity index (χ3v) is 1.88. The number of rotatable bonds is 1. The molecule has 0 bridgehead atoms. The highest BCUT2D eigenvalue weighted by Gasteiger charge is 2.34. The summed E-state index contributed by atoms with van der Waals surface area (Å²) in [6.45, 7) is 0. The molecule has 0 atom stereocenters. The minimum Gasteiger partial charge on any atom is -0.316 e. The second-order valence-electron chi connectivity index (χ2n) is 2.62. The van der Waals surface area contributed by atoms with Crippen LogP contribution in [0.1, 0.15) is 5.56 Å². The summed E-state index contributed by atoms with van der Waals surface area (Å²) in [5.74, 6) is 0. The number of benzene rings is 1. The van der Waals surface area contributed by atoms with Crippen molar-refractivity contribution in [2.45, 2.75) is 6.18 Å². The zero-order chi connectivity index (χ0) is 11.6. The number of nitrogens with one attached hydrogen (secondary N) is 1. The topological polar surface area (TPSA) is 29.1 Å². The minimum atomic E-state index is -4.57. The van der Waals surface area contributed by atoms with Gasteiger partial charge in [-0.1, -0.05) is 24.2 Å². The minimum absolute atomic E-state index is 0.0560. The van der Waals surface area contributed by atoms with E-state index in [0.29, 0.717) is 0 Å². The van der Waals surface area contributed by atoms with Crippen molar-refractivity contribution in [3.05, 3.63) is 28.8 Å². The maximum absolute atomic E-state index is 12.4. The Balaban J connectivity index is 3.20. The Morgan fingerprint density at radius 1 is 1.40 bits per heavy atom. The molecule has 2 nitrogen and oxygen atoms in total. The van der Waals surface area contributed by atoms with Crippen molar-refractivity contribution in [2.75, 3.05) is 5.32 Å². The van der Waals surface area contributed by atoms with Crippen LogP contribution in [0, 0.1) is 0 Å². The van der Waals surface area contributed by atoms with E-state index in [1.54, 1.807) is 0 Å². The molecule has 0 heterocycles. The van der Waals surface area contributed by atoms with Gasteiger partial charge in [-0.25, -0.2) is 0 Å². The molecule has 0 aromatic heterocycles. The maximum atomic E-state index is 12.4. The zero-order valence-electron chi connectivity index (χ0n) is 7.10. The molecule has 0 saturated heterocycles. The molecule has 0 unspecified atom stereocenters. The number of hydrogen-bond acceptors (Lipinski definition) is 1. The van der Waals surface area contributed by atoms with Crippen molar-refractivity contribution >= 4 is 35.2 Å². The van der Waals surface area contributed by atoms with E-state index in [2.05, 4.69) is 12.6 Å². The molecule has 0 aliphatic rings. The van der Waals surface area contributed by atoms with E-state index in [4.69, 9.17) is 11.6 Å². The highest BCUT2D eigenvalue weighted by Crippen LogP contribution is 2.36. The van der Waals surface area contributed by atoms with Gasteiger partial charge in [0.15, 0.2) is 0 Å². The van der Waals surface area contributed by atoms with Crippen molar-refractivity contribution in [3.8, 4) is 0 Å². The van der Waals surface area contributed by atoms with Gasteiger partial charge < -0.3 is 5.32 Å². The first-order chi connectivity index (χ1) is 6.80. The van der Waals surface area contributed by atoms with E-state index in [1.165, 1.54) is 6.07 Å². The van der Waals surface area contributed by atoms with Crippen LogP contribution in [0.3, 0.4) is 0 Å². The summed E-state index contributed by atoms with van der Waals surface area (Å²) in [6.07, 6.45) is -4.57. The Morgan fingerprint density at radius 2 is 2.00 bits per heavy atom. The van der Waals surface area contributed by atoms with Crippen molar-refractivity contribution in [3.63, 3.8) is 0 Å². The Labute approximate surface area is 93.8 Å². The van der Waals surface area contributed by atoms with Gasteiger partial charge in [-0.3, -0.25) is 4.79 Å². The highest BCUT2D eigenvalue weighted by atomic mass is 35.5. The first-order valence-corrected chi connectivity index (χ1v) is 4.50. The molecular weight excluding hydrogens is 251 g/mol. The fourth-order valence-electron chi connectivity index (χ4n) is 0.975. The smallest absolute Gasteiger partial charge is 0.316 e. The van der Waals surface area contributed by atoms with Gasteiger partial charge in [0.2, 0.25) is 0 Å². The Morgan fingerprint density at radius 3 is 2.47 bits per heavy atom. The molecule has 0 saturated carbocycles. The summed E-state index contributed by atoms with van der Waals surface area (Å²) < 4.78 is 37.3. The van der Waals surface area contributed by atoms with E-state index < -0.39 is 17.0 Å². The summed E-state index contributed by atoms with van der Waals surface area (Å²) in [5, 5.41) is 1.03. The molecular formula is C8H5ClF3NOS. The summed E-state index contributed by atoms with van der Waals surface area (Å²) >= 11 is 8.76. The maximum Gasteiger partial charge on any atom is 0.418 e. The summed E-state index contributed by atoms with van der Waals surface area (Å²) in [5.41, 5.74) is -1.37. The second-order valence-corrected chi connectivity index (χ2v) is 3.46. The fraction of sp³-hybridized carbons (Fsp3) is 0.125. The Kier molecular flexibility index (Phi) is 3.51. The number of halogens is 4. The molecule has 0 aliphatic heterocycles. The number of carbonyl (C=O) groups is 1. The molecule has 0 fully saturated rings. The van der Waals surface area contributed by atoms with Crippen LogP contribution in [0.4, 0.5) is 23.7 Å². The van der Waals surface area contributed by atoms with Gasteiger partial charge in [-0.2, -0.15) is 13.2 Å². The molecule has 1 N–H and O–H groups in total. The van der Waals surface area contributed by atoms with E-state index in [1.807, 2.05) is 5.32 Å². The summed E-state index contributed by atoms with van der Waals surface area (Å²) in [7, 11) is 0. The second kappa shape index (κ2) is 4.32. The molecule has 0 radical (unpaired) electrons. The number of alkyl halides is 3. The molecule has 7 heteroatoms. The van der Waals surface area contributed by atoms with Crippen LogP contribution < -0.4 is 5.32 Å². The van der Waals surface area contributed by atoms with Gasteiger partial charge in [0.1, 0.15) is 0 Å². The van der Waals surface area contributed by atoms with Crippen LogP contribution in [-0.4, -0.2) is 5.24 Å². The normalized spacial score (nSPS) is 11.3. The first kappa shape index (κ1) is 12.2. The Hall–Kier alpha value is -0.880. The lowest BCUT2D eigenvalue weighted by atomic mass is 10.1. The lowest BCUT2D eigenvalue weighted by molar-refractivity contribution is -0.136. The molecule has 1 aromatic carbocycles. The predicted molar refractivity (Wildman–Crippen MR) is 54.5 cm³/mol. The quantitative estimate of drug-likeness (QED) is 0.734. The van der Waals surface area contributed by atoms with Crippen LogP contribution in [0.25, 0.3) is 0 Å². The zero-order valence-corrected chi connectivity index (χ0v) is 8.75. The van der Waals surface area contributed by atoms with E-state index in [9.17, 15) is 18.0 Å². The molecule has 1 amide bonds. The summed E-state index contributed by atoms with van der Waals surface area (Å²) in [6, 6.07) is 3.05. The van der Waals surface area contributed by atoms with Gasteiger partial charge in [0.05, 0.1) is 11.3 Å². The van der Waals surface area contributed by atoms with Crippen LogP contribution in [0.2, 0.25) is 5.02 Å². The van der Waals surface area contributed by atoms with Gasteiger partial charge >= 0.3 is 6.18 Å². The van der Waals surface area contributed by atoms with Gasteiger partial charge in [0.25, 0.3) is 5.24 Å². The van der Waals surface area contributed by atoms with E-state index in [0.717, 1.165) is 12.1 Å². The molecule has 82 valence electrons. The SMILES string of the molecule is O=C(S)Nc1ccc(Cl)cc1C(F)(F)F. The van der Waals surface area contributed by atoms with E-state index in [-0.39, 0.29) is 10.7 Å². The van der Waals surface area contributed by atoms with E-state index >= 15 is 0 Å². The first-order valence-electron chi connectivity index (χ1n) is 3.67. The van der Waals surface area contributed by atoms with Gasteiger partial charge in [-0.15, -0.1) is 0 Å². The standard InChI is InChI=1S/C8H5ClF3NOS/c9-4-1-2-6(13-7(14)15)5(3-4)8(10,11)12/h1-3H,(H2,13,14,15). The lowest BCUT2D eigenvalue weighted by Crippen LogP contribution is -2.12. The van der Waals surface area contributed by atoms with Crippen molar-refractivity contribution < 1.29 is 18.0 Å². The monoisotopic (exact) mass is 255 g/mol. The van der Waals surface area contributed by atoms with Crippen molar-refractivity contribution in [1.82, 2.24) is 0 Å². The molecule has 0 spiro atoms. The predicted octanol–water partition coefficient (Wildman–Crippen LogP) is 3.82. The molecule has 1 aromatic rings. The number of thiol groups is 1. The van der Waals surface area contributed by atoms with Crippen molar-refractivity contribution in [2.24, 2.45) is 0 Å². The van der Waals surface area contributed by atoms with Crippen LogP contribution in [0.5, 0.6) is 0 Å². The molecule has 0 aliphatic carbocycles. The summed E-state index contributed by atoms with van der Waals surface area (Å²) in [4.78, 5) is 10.5. The molecule has 1 rings (SSSR count). The third-order valence-electron chi connectivity index (χ3n) is 1.53. The van der Waals surface area contributed by atoms with Crippen LogP contribution in [-0.2, 0) is 6.18 Å². The van der Waals surface area contributed by atoms with Gasteiger partial charge in [-0.05, 0) is 18.2 Å². The van der Waals surface area contributed by atoms with Gasteiger partial charge in [0, 0.05) is 5.02 Å². The van der Waals surface area contributed by atoms with Crippen molar-refractivity contribution in [1.29, 1.82) is 0 Å². The largest absolute Gasteiger partial charge is 0.418 e. The number of anilines is 1.